The molecule has 15 heavy (non-hydrogen) atoms. The molecule has 86 valence electrons. The molecule has 1 aromatic rings. The molecule has 0 fully saturated rings. The maximum Gasteiger partial charge on any atom is 0.112 e. The first kappa shape index (κ1) is 12.7. The lowest BCUT2D eigenvalue weighted by molar-refractivity contribution is 0.339. The summed E-state index contributed by atoms with van der Waals surface area (Å²) in [6.45, 7) is 11.0. The van der Waals surface area contributed by atoms with Crippen molar-refractivity contribution in [3.05, 3.63) is 16.1 Å². The highest BCUT2D eigenvalue weighted by Crippen LogP contribution is 2.25. The Morgan fingerprint density at radius 3 is 2.67 bits per heavy atom. The van der Waals surface area contributed by atoms with Crippen LogP contribution in [0.3, 0.4) is 0 Å². The van der Waals surface area contributed by atoms with E-state index < -0.39 is 0 Å². The lowest BCUT2D eigenvalue weighted by atomic mass is 10.0. The van der Waals surface area contributed by atoms with Crippen LogP contribution in [-0.4, -0.2) is 11.0 Å². The maximum absolute atomic E-state index is 4.46. The molecule has 2 nitrogen and oxygen atoms in total. The number of hydrogen-bond donors (Lipinski definition) is 1. The molecule has 1 N–H and O–H groups in total. The van der Waals surface area contributed by atoms with E-state index in [1.54, 1.807) is 11.3 Å². The fourth-order valence-corrected chi connectivity index (χ4v) is 2.66. The third-order valence-corrected chi connectivity index (χ3v) is 3.72. The molecule has 0 aromatic carbocycles. The molecule has 0 aliphatic carbocycles. The Labute approximate surface area is 97.1 Å². The van der Waals surface area contributed by atoms with Crippen LogP contribution in [0.5, 0.6) is 0 Å². The van der Waals surface area contributed by atoms with Gasteiger partial charge in [0.15, 0.2) is 0 Å². The van der Waals surface area contributed by atoms with Gasteiger partial charge in [-0.15, -0.1) is 11.3 Å². The molecule has 1 heterocycles. The third-order valence-electron chi connectivity index (χ3n) is 2.48. The molecule has 0 bridgehead atoms. The SMILES string of the molecule is CCCC(C)NC(C)(C)c1ncc(C)s1. The van der Waals surface area contributed by atoms with Gasteiger partial charge >= 0.3 is 0 Å². The number of aromatic nitrogens is 1. The summed E-state index contributed by atoms with van der Waals surface area (Å²) in [7, 11) is 0. The van der Waals surface area contributed by atoms with Gasteiger partial charge in [-0.25, -0.2) is 4.98 Å². The van der Waals surface area contributed by atoms with E-state index in [2.05, 4.69) is 44.9 Å². The van der Waals surface area contributed by atoms with Gasteiger partial charge in [-0.05, 0) is 34.1 Å². The second-order valence-electron chi connectivity index (χ2n) is 4.74. The number of thiazole rings is 1. The van der Waals surface area contributed by atoms with Crippen LogP contribution >= 0.6 is 11.3 Å². The van der Waals surface area contributed by atoms with Crippen molar-refractivity contribution in [2.75, 3.05) is 0 Å². The van der Waals surface area contributed by atoms with Gasteiger partial charge in [-0.2, -0.15) is 0 Å². The van der Waals surface area contributed by atoms with Crippen molar-refractivity contribution in [3.63, 3.8) is 0 Å². The Balaban J connectivity index is 2.66. The molecule has 0 amide bonds. The van der Waals surface area contributed by atoms with Crippen LogP contribution in [0.2, 0.25) is 0 Å². The van der Waals surface area contributed by atoms with Crippen molar-refractivity contribution < 1.29 is 0 Å². The summed E-state index contributed by atoms with van der Waals surface area (Å²) < 4.78 is 0. The smallest absolute Gasteiger partial charge is 0.112 e. The van der Waals surface area contributed by atoms with Crippen LogP contribution in [0, 0.1) is 6.92 Å². The third kappa shape index (κ3) is 3.58. The van der Waals surface area contributed by atoms with Crippen LogP contribution in [0.1, 0.15) is 50.4 Å². The maximum atomic E-state index is 4.46. The molecule has 1 rings (SSSR count). The minimum atomic E-state index is -0.00644. The van der Waals surface area contributed by atoms with Gasteiger partial charge in [-0.1, -0.05) is 13.3 Å². The van der Waals surface area contributed by atoms with Crippen LogP contribution in [0.25, 0.3) is 0 Å². The molecule has 0 saturated carbocycles. The molecule has 0 saturated heterocycles. The first-order valence-corrected chi connectivity index (χ1v) is 6.48. The Morgan fingerprint density at radius 2 is 2.20 bits per heavy atom. The minimum absolute atomic E-state index is 0.00644. The second kappa shape index (κ2) is 5.08. The summed E-state index contributed by atoms with van der Waals surface area (Å²) in [5.74, 6) is 0. The fraction of sp³-hybridized carbons (Fsp3) is 0.750. The highest BCUT2D eigenvalue weighted by molar-refractivity contribution is 7.11. The fourth-order valence-electron chi connectivity index (χ4n) is 1.83. The zero-order valence-electron chi connectivity index (χ0n) is 10.4. The van der Waals surface area contributed by atoms with E-state index in [-0.39, 0.29) is 5.54 Å². The predicted molar refractivity (Wildman–Crippen MR) is 67.4 cm³/mol. The van der Waals surface area contributed by atoms with Crippen molar-refractivity contribution in [3.8, 4) is 0 Å². The van der Waals surface area contributed by atoms with E-state index in [0.717, 1.165) is 0 Å². The average molecular weight is 226 g/mol. The normalized spacial score (nSPS) is 14.2. The molecular formula is C12H22N2S. The zero-order valence-corrected chi connectivity index (χ0v) is 11.2. The Kier molecular flexibility index (Phi) is 4.29. The van der Waals surface area contributed by atoms with E-state index in [4.69, 9.17) is 0 Å². The van der Waals surface area contributed by atoms with E-state index in [1.165, 1.54) is 22.7 Å². The van der Waals surface area contributed by atoms with Crippen molar-refractivity contribution in [1.29, 1.82) is 0 Å². The summed E-state index contributed by atoms with van der Waals surface area (Å²) in [6, 6.07) is 0.550. The van der Waals surface area contributed by atoms with Crippen molar-refractivity contribution >= 4 is 11.3 Å². The first-order chi connectivity index (χ1) is 6.95. The number of nitrogens with one attached hydrogen (secondary N) is 1. The van der Waals surface area contributed by atoms with Crippen molar-refractivity contribution in [1.82, 2.24) is 10.3 Å². The van der Waals surface area contributed by atoms with E-state index in [9.17, 15) is 0 Å². The molecule has 0 spiro atoms. The van der Waals surface area contributed by atoms with Gasteiger partial charge in [0.05, 0.1) is 5.54 Å². The van der Waals surface area contributed by atoms with Crippen LogP contribution in [-0.2, 0) is 5.54 Å². The molecule has 1 aromatic heterocycles. The molecule has 3 heteroatoms. The summed E-state index contributed by atoms with van der Waals surface area (Å²) in [5, 5.41) is 4.82. The molecule has 1 unspecified atom stereocenters. The van der Waals surface area contributed by atoms with Gasteiger partial charge in [0, 0.05) is 17.1 Å². The molecule has 0 aliphatic rings. The summed E-state index contributed by atoms with van der Waals surface area (Å²) in [4.78, 5) is 5.74. The predicted octanol–water partition coefficient (Wildman–Crippen LogP) is 3.46. The summed E-state index contributed by atoms with van der Waals surface area (Å²) in [5.41, 5.74) is -0.00644. The summed E-state index contributed by atoms with van der Waals surface area (Å²) in [6.07, 6.45) is 4.39. The van der Waals surface area contributed by atoms with Gasteiger partial charge in [0.1, 0.15) is 5.01 Å². The van der Waals surface area contributed by atoms with Gasteiger partial charge in [-0.3, -0.25) is 0 Å². The monoisotopic (exact) mass is 226 g/mol. The molecular weight excluding hydrogens is 204 g/mol. The standard InChI is InChI=1S/C12H22N2S/c1-6-7-9(2)14-12(4,5)11-13-8-10(3)15-11/h8-9,14H,6-7H2,1-5H3. The molecule has 0 radical (unpaired) electrons. The summed E-state index contributed by atoms with van der Waals surface area (Å²) >= 11 is 1.78. The van der Waals surface area contributed by atoms with Crippen molar-refractivity contribution in [2.45, 2.75) is 59.0 Å². The quantitative estimate of drug-likeness (QED) is 0.831. The Morgan fingerprint density at radius 1 is 1.53 bits per heavy atom. The molecule has 1 atom stereocenters. The number of nitrogens with zero attached hydrogens (tertiary/aromatic N) is 1. The van der Waals surface area contributed by atoms with Crippen molar-refractivity contribution in [2.24, 2.45) is 0 Å². The van der Waals surface area contributed by atoms with Crippen LogP contribution in [0.15, 0.2) is 6.20 Å². The van der Waals surface area contributed by atoms with E-state index in [0.29, 0.717) is 6.04 Å². The van der Waals surface area contributed by atoms with Gasteiger partial charge in [0.25, 0.3) is 0 Å². The first-order valence-electron chi connectivity index (χ1n) is 5.66. The highest BCUT2D eigenvalue weighted by Gasteiger charge is 2.24. The number of rotatable bonds is 5. The topological polar surface area (TPSA) is 24.9 Å². The van der Waals surface area contributed by atoms with Crippen LogP contribution < -0.4 is 5.32 Å². The van der Waals surface area contributed by atoms with Gasteiger partial charge in [0.2, 0.25) is 0 Å². The Hall–Kier alpha value is -0.410. The van der Waals surface area contributed by atoms with E-state index in [1.807, 2.05) is 6.20 Å². The van der Waals surface area contributed by atoms with E-state index >= 15 is 0 Å². The van der Waals surface area contributed by atoms with Gasteiger partial charge < -0.3 is 5.32 Å². The number of aryl methyl sites for hydroxylation is 1. The van der Waals surface area contributed by atoms with Crippen LogP contribution in [0.4, 0.5) is 0 Å². The molecule has 0 aliphatic heterocycles. The lowest BCUT2D eigenvalue weighted by Crippen LogP contribution is -2.42. The minimum Gasteiger partial charge on any atom is -0.303 e. The number of hydrogen-bond acceptors (Lipinski definition) is 3. The highest BCUT2D eigenvalue weighted by atomic mass is 32.1. The largest absolute Gasteiger partial charge is 0.303 e. The second-order valence-corrected chi connectivity index (χ2v) is 5.97. The lowest BCUT2D eigenvalue weighted by Gasteiger charge is -2.28. The average Bonchev–Trinajstić information content (AvgIpc) is 2.51. The Bertz CT molecular complexity index is 304. The zero-order chi connectivity index (χ0) is 11.5.